The van der Waals surface area contributed by atoms with Gasteiger partial charge in [-0.1, -0.05) is 35.9 Å². The number of ether oxygens (including phenoxy) is 1. The van der Waals surface area contributed by atoms with Crippen LogP contribution in [0.4, 0.5) is 0 Å². The summed E-state index contributed by atoms with van der Waals surface area (Å²) >= 11 is 0. The Hall–Kier alpha value is -3.28. The van der Waals surface area contributed by atoms with Crippen LogP contribution in [0, 0.1) is 6.92 Å². The maximum absolute atomic E-state index is 5.60. The first-order valence-electron chi connectivity index (χ1n) is 9.80. The van der Waals surface area contributed by atoms with E-state index in [-0.39, 0.29) is 6.04 Å². The lowest BCUT2D eigenvalue weighted by atomic mass is 10.0. The molecule has 3 rings (SSSR count). The number of methoxy groups -OCH3 is 1. The van der Waals surface area contributed by atoms with Gasteiger partial charge in [0.05, 0.1) is 19.7 Å². The largest absolute Gasteiger partial charge is 0.496 e. The molecule has 0 spiro atoms. The predicted molar refractivity (Wildman–Crippen MR) is 116 cm³/mol. The van der Waals surface area contributed by atoms with Crippen LogP contribution in [-0.4, -0.2) is 24.6 Å². The lowest BCUT2D eigenvalue weighted by Gasteiger charge is -2.20. The van der Waals surface area contributed by atoms with E-state index in [4.69, 9.17) is 9.15 Å². The van der Waals surface area contributed by atoms with Crippen LogP contribution in [0.25, 0.3) is 11.5 Å². The highest BCUT2D eigenvalue weighted by atomic mass is 16.5. The van der Waals surface area contributed by atoms with Crippen molar-refractivity contribution >= 4 is 5.96 Å². The second-order valence-electron chi connectivity index (χ2n) is 6.82. The fraction of sp³-hybridized carbons (Fsp3) is 0.304. The first kappa shape index (κ1) is 20.5. The molecule has 1 atom stereocenters. The van der Waals surface area contributed by atoms with Gasteiger partial charge in [0.2, 0.25) is 5.89 Å². The molecule has 6 heteroatoms. The number of rotatable bonds is 7. The Morgan fingerprint density at radius 2 is 2.00 bits per heavy atom. The maximum Gasteiger partial charge on any atom is 0.226 e. The zero-order valence-corrected chi connectivity index (χ0v) is 17.4. The summed E-state index contributed by atoms with van der Waals surface area (Å²) in [5.41, 5.74) is 4.01. The fourth-order valence-corrected chi connectivity index (χ4v) is 3.05. The molecular weight excluding hydrogens is 364 g/mol. The van der Waals surface area contributed by atoms with Gasteiger partial charge in [0.25, 0.3) is 0 Å². The number of nitrogens with one attached hydrogen (secondary N) is 2. The zero-order valence-electron chi connectivity index (χ0n) is 17.4. The number of benzene rings is 2. The first-order chi connectivity index (χ1) is 14.1. The molecule has 152 valence electrons. The highest BCUT2D eigenvalue weighted by Gasteiger charge is 2.13. The van der Waals surface area contributed by atoms with Crippen molar-refractivity contribution in [2.24, 2.45) is 4.99 Å². The Morgan fingerprint density at radius 3 is 2.72 bits per heavy atom. The molecule has 0 aliphatic rings. The Bertz CT molecular complexity index is 951. The van der Waals surface area contributed by atoms with Crippen molar-refractivity contribution in [2.45, 2.75) is 33.4 Å². The average molecular weight is 393 g/mol. The lowest BCUT2D eigenvalue weighted by molar-refractivity contribution is 0.405. The predicted octanol–water partition coefficient (Wildman–Crippen LogP) is 4.47. The molecule has 1 unspecified atom stereocenters. The summed E-state index contributed by atoms with van der Waals surface area (Å²) in [6, 6.07) is 16.0. The van der Waals surface area contributed by atoms with E-state index in [1.54, 1.807) is 13.4 Å². The topological polar surface area (TPSA) is 71.7 Å². The molecule has 0 aliphatic carbocycles. The normalized spacial score (nSPS) is 12.5. The van der Waals surface area contributed by atoms with Crippen molar-refractivity contribution in [1.29, 1.82) is 0 Å². The van der Waals surface area contributed by atoms with Crippen molar-refractivity contribution in [1.82, 2.24) is 15.6 Å². The quantitative estimate of drug-likeness (QED) is 0.458. The first-order valence-corrected chi connectivity index (χ1v) is 9.80. The van der Waals surface area contributed by atoms with Gasteiger partial charge in [-0.15, -0.1) is 0 Å². The Labute approximate surface area is 172 Å². The summed E-state index contributed by atoms with van der Waals surface area (Å²) in [5.74, 6) is 2.18. The van der Waals surface area contributed by atoms with E-state index in [0.29, 0.717) is 18.4 Å². The maximum atomic E-state index is 5.60. The second kappa shape index (κ2) is 9.78. The van der Waals surface area contributed by atoms with Crippen molar-refractivity contribution < 1.29 is 9.15 Å². The van der Waals surface area contributed by atoms with Crippen LogP contribution in [0.1, 0.15) is 36.7 Å². The third-order valence-corrected chi connectivity index (χ3v) is 4.52. The smallest absolute Gasteiger partial charge is 0.226 e. The van der Waals surface area contributed by atoms with Crippen LogP contribution in [0.5, 0.6) is 5.75 Å². The molecule has 0 bridgehead atoms. The number of oxazole rings is 1. The number of hydrogen-bond donors (Lipinski definition) is 2. The molecule has 2 aromatic carbocycles. The summed E-state index contributed by atoms with van der Waals surface area (Å²) in [6.07, 6.45) is 1.66. The van der Waals surface area contributed by atoms with E-state index >= 15 is 0 Å². The van der Waals surface area contributed by atoms with Crippen molar-refractivity contribution in [3.63, 3.8) is 0 Å². The highest BCUT2D eigenvalue weighted by Crippen LogP contribution is 2.26. The average Bonchev–Trinajstić information content (AvgIpc) is 3.22. The lowest BCUT2D eigenvalue weighted by Crippen LogP contribution is -2.38. The Morgan fingerprint density at radius 1 is 1.21 bits per heavy atom. The third-order valence-electron chi connectivity index (χ3n) is 4.52. The van der Waals surface area contributed by atoms with Gasteiger partial charge in [-0.3, -0.25) is 0 Å². The van der Waals surface area contributed by atoms with Gasteiger partial charge < -0.3 is 19.8 Å². The Kier molecular flexibility index (Phi) is 6.89. The summed E-state index contributed by atoms with van der Waals surface area (Å²) < 4.78 is 11.1. The van der Waals surface area contributed by atoms with E-state index in [1.165, 1.54) is 5.56 Å². The van der Waals surface area contributed by atoms with Crippen LogP contribution >= 0.6 is 0 Å². The minimum absolute atomic E-state index is 0.0276. The van der Waals surface area contributed by atoms with Crippen molar-refractivity contribution in [3.8, 4) is 17.2 Å². The molecule has 0 saturated heterocycles. The second-order valence-corrected chi connectivity index (χ2v) is 6.82. The van der Waals surface area contributed by atoms with E-state index in [2.05, 4.69) is 40.5 Å². The minimum atomic E-state index is 0.0276. The Balaban J connectivity index is 1.72. The molecule has 2 N–H and O–H groups in total. The molecular formula is C23H28N4O2. The highest BCUT2D eigenvalue weighted by molar-refractivity contribution is 5.80. The van der Waals surface area contributed by atoms with Gasteiger partial charge in [0, 0.05) is 17.7 Å². The molecule has 29 heavy (non-hydrogen) atoms. The van der Waals surface area contributed by atoms with Crippen LogP contribution < -0.4 is 15.4 Å². The van der Waals surface area contributed by atoms with Crippen LogP contribution in [0.2, 0.25) is 0 Å². The summed E-state index contributed by atoms with van der Waals surface area (Å²) in [6.45, 7) is 7.39. The summed E-state index contributed by atoms with van der Waals surface area (Å²) in [4.78, 5) is 9.20. The molecule has 0 fully saturated rings. The van der Waals surface area contributed by atoms with Gasteiger partial charge in [-0.05, 0) is 39.0 Å². The minimum Gasteiger partial charge on any atom is -0.496 e. The SMILES string of the molecule is CCNC(=NCc1coc(-c2ccccc2)n1)NC(C)c1cc(C)ccc1OC. The summed E-state index contributed by atoms with van der Waals surface area (Å²) in [5, 5.41) is 6.73. The number of aromatic nitrogens is 1. The van der Waals surface area contributed by atoms with Crippen LogP contribution in [-0.2, 0) is 6.54 Å². The summed E-state index contributed by atoms with van der Waals surface area (Å²) in [7, 11) is 1.69. The fourth-order valence-electron chi connectivity index (χ4n) is 3.05. The van der Waals surface area contributed by atoms with Crippen LogP contribution in [0.3, 0.4) is 0 Å². The third kappa shape index (κ3) is 5.38. The number of nitrogens with zero attached hydrogens (tertiary/aromatic N) is 2. The molecule has 1 aromatic heterocycles. The van der Waals surface area contributed by atoms with E-state index < -0.39 is 0 Å². The van der Waals surface area contributed by atoms with Gasteiger partial charge in [0.1, 0.15) is 17.7 Å². The molecule has 0 amide bonds. The molecule has 1 heterocycles. The van der Waals surface area contributed by atoms with Gasteiger partial charge in [-0.25, -0.2) is 9.98 Å². The van der Waals surface area contributed by atoms with Crippen molar-refractivity contribution in [3.05, 3.63) is 71.6 Å². The number of guanidine groups is 1. The number of aryl methyl sites for hydroxylation is 1. The molecule has 0 aliphatic heterocycles. The van der Waals surface area contributed by atoms with Crippen molar-refractivity contribution in [2.75, 3.05) is 13.7 Å². The van der Waals surface area contributed by atoms with E-state index in [0.717, 1.165) is 29.1 Å². The number of aliphatic imine (C=N–C) groups is 1. The molecule has 6 nitrogen and oxygen atoms in total. The van der Waals surface area contributed by atoms with Gasteiger partial charge in [-0.2, -0.15) is 0 Å². The van der Waals surface area contributed by atoms with Gasteiger partial charge >= 0.3 is 0 Å². The molecule has 0 saturated carbocycles. The van der Waals surface area contributed by atoms with Gasteiger partial charge in [0.15, 0.2) is 5.96 Å². The molecule has 3 aromatic rings. The monoisotopic (exact) mass is 392 g/mol. The standard InChI is InChI=1S/C23H28N4O2/c1-5-24-23(26-17(3)20-13-16(2)11-12-21(20)28-4)25-14-19-15-29-22(27-19)18-9-7-6-8-10-18/h6-13,15,17H,5,14H2,1-4H3,(H2,24,25,26). The molecule has 0 radical (unpaired) electrons. The van der Waals surface area contributed by atoms with Crippen LogP contribution in [0.15, 0.2) is 64.2 Å². The van der Waals surface area contributed by atoms with E-state index in [9.17, 15) is 0 Å². The number of hydrogen-bond acceptors (Lipinski definition) is 4. The zero-order chi connectivity index (χ0) is 20.6. The van der Waals surface area contributed by atoms with E-state index in [1.807, 2.05) is 49.4 Å².